The van der Waals surface area contributed by atoms with Gasteiger partial charge in [0.25, 0.3) is 0 Å². The van der Waals surface area contributed by atoms with Crippen molar-refractivity contribution in [2.24, 2.45) is 0 Å². The molecule has 0 saturated carbocycles. The van der Waals surface area contributed by atoms with Gasteiger partial charge < -0.3 is 14.7 Å². The average molecular weight is 499 g/mol. The summed E-state index contributed by atoms with van der Waals surface area (Å²) in [6, 6.07) is 28.1. The van der Waals surface area contributed by atoms with E-state index in [1.807, 2.05) is 6.08 Å². The van der Waals surface area contributed by atoms with Gasteiger partial charge in [0.05, 0.1) is 11.2 Å². The summed E-state index contributed by atoms with van der Waals surface area (Å²) >= 11 is 0. The largest absolute Gasteiger partial charge is 0.495 e. The number of hydrogen-bond donors (Lipinski definition) is 1. The second-order valence-electron chi connectivity index (χ2n) is 11.2. The maximum Gasteiger partial charge on any atom is 0.495 e. The van der Waals surface area contributed by atoms with Crippen LogP contribution in [0.5, 0.6) is 0 Å². The Morgan fingerprint density at radius 1 is 0.816 bits per heavy atom. The number of allylic oxidation sites excluding steroid dienone is 6. The van der Waals surface area contributed by atoms with Crippen LogP contribution in [0.4, 0.5) is 0 Å². The third-order valence-electron chi connectivity index (χ3n) is 8.26. The minimum absolute atomic E-state index is 0.127. The first kappa shape index (κ1) is 26.2. The van der Waals surface area contributed by atoms with Crippen molar-refractivity contribution in [1.82, 2.24) is 0 Å². The van der Waals surface area contributed by atoms with Crippen LogP contribution in [-0.2, 0) is 9.31 Å². The Bertz CT molecular complexity index is 1420. The zero-order chi connectivity index (χ0) is 26.9. The van der Waals surface area contributed by atoms with E-state index in [1.54, 1.807) is 6.08 Å². The molecule has 0 aromatic heterocycles. The summed E-state index contributed by atoms with van der Waals surface area (Å²) in [6.07, 6.45) is 7.98. The van der Waals surface area contributed by atoms with Gasteiger partial charge >= 0.3 is 7.12 Å². The van der Waals surface area contributed by atoms with E-state index in [2.05, 4.69) is 120 Å². The number of hydrogen-bond acceptors (Lipinski definition) is 3. The van der Waals surface area contributed by atoms with Crippen molar-refractivity contribution in [2.75, 3.05) is 0 Å². The van der Waals surface area contributed by atoms with E-state index in [0.717, 1.165) is 11.9 Å². The van der Waals surface area contributed by atoms with Gasteiger partial charge in [-0.25, -0.2) is 0 Å². The lowest BCUT2D eigenvalue weighted by molar-refractivity contribution is 0.00578. The predicted molar refractivity (Wildman–Crippen MR) is 163 cm³/mol. The van der Waals surface area contributed by atoms with Crippen LogP contribution in [-0.4, -0.2) is 32.4 Å². The monoisotopic (exact) mass is 499 g/mol. The molecule has 1 atom stereocenters. The van der Waals surface area contributed by atoms with E-state index >= 15 is 0 Å². The van der Waals surface area contributed by atoms with Crippen molar-refractivity contribution in [3.8, 4) is 11.1 Å². The number of benzene rings is 3. The Morgan fingerprint density at radius 2 is 1.42 bits per heavy atom. The Balaban J connectivity index is 1.76. The topological polar surface area (TPSA) is 42.3 Å². The van der Waals surface area contributed by atoms with Gasteiger partial charge in [-0.15, -0.1) is 0 Å². The van der Waals surface area contributed by atoms with Crippen molar-refractivity contribution in [2.45, 2.75) is 51.2 Å². The first-order chi connectivity index (χ1) is 18.2. The van der Waals surface area contributed by atoms with Gasteiger partial charge in [0.2, 0.25) is 0 Å². The number of rotatable bonds is 6. The third-order valence-corrected chi connectivity index (χ3v) is 8.26. The summed E-state index contributed by atoms with van der Waals surface area (Å²) in [5.41, 5.74) is 8.91. The third kappa shape index (κ3) is 4.77. The van der Waals surface area contributed by atoms with Gasteiger partial charge in [-0.1, -0.05) is 96.5 Å². The first-order valence-electron chi connectivity index (χ1n) is 13.4. The molecule has 0 bridgehead atoms. The second kappa shape index (κ2) is 10.4. The minimum Gasteiger partial charge on any atom is -0.399 e. The van der Waals surface area contributed by atoms with Gasteiger partial charge in [0.1, 0.15) is 7.85 Å². The molecule has 38 heavy (non-hydrogen) atoms. The Labute approximate surface area is 228 Å². The summed E-state index contributed by atoms with van der Waals surface area (Å²) in [4.78, 5) is 0. The zero-order valence-corrected chi connectivity index (χ0v) is 23.0. The smallest absolute Gasteiger partial charge is 0.399 e. The van der Waals surface area contributed by atoms with E-state index in [4.69, 9.17) is 14.7 Å². The lowest BCUT2D eigenvalue weighted by atomic mass is 9.71. The van der Waals surface area contributed by atoms with Gasteiger partial charge in [-0.2, -0.15) is 0 Å². The van der Waals surface area contributed by atoms with E-state index in [0.29, 0.717) is 0 Å². The standard InChI is InChI=1S/C33H35B2NO2/c1-32(2)33(3,4)38-35(37-32)31-24(16-12-13-21-36)22-28(30(31)23-14-6-5-7-15-23)26-18-9-8-17-25(26)27-19-10-11-20-29(27)34/h5-21,28,36H,22,34H2,1-4H3/b13-12-,24-16+,36-21?/t28-/m0/s1. The predicted octanol–water partition coefficient (Wildman–Crippen LogP) is 6.32. The van der Waals surface area contributed by atoms with Gasteiger partial charge in [0, 0.05) is 12.1 Å². The fraction of sp³-hybridized carbons (Fsp3) is 0.242. The molecule has 3 aromatic carbocycles. The molecule has 1 fully saturated rings. The highest BCUT2D eigenvalue weighted by atomic mass is 16.7. The molecule has 1 heterocycles. The van der Waals surface area contributed by atoms with Gasteiger partial charge in [-0.3, -0.25) is 0 Å². The molecule has 0 unspecified atom stereocenters. The van der Waals surface area contributed by atoms with Crippen molar-refractivity contribution >= 4 is 32.2 Å². The maximum absolute atomic E-state index is 7.49. The highest BCUT2D eigenvalue weighted by Crippen LogP contribution is 2.53. The second-order valence-corrected chi connectivity index (χ2v) is 11.2. The van der Waals surface area contributed by atoms with E-state index in [9.17, 15) is 0 Å². The maximum atomic E-state index is 7.49. The summed E-state index contributed by atoms with van der Waals surface area (Å²) < 4.78 is 13.3. The minimum atomic E-state index is -0.481. The van der Waals surface area contributed by atoms with E-state index in [1.165, 1.54) is 45.1 Å². The lowest BCUT2D eigenvalue weighted by Crippen LogP contribution is -2.41. The molecule has 0 radical (unpaired) electrons. The molecular weight excluding hydrogens is 464 g/mol. The molecule has 2 aliphatic rings. The van der Waals surface area contributed by atoms with Gasteiger partial charge in [0.15, 0.2) is 0 Å². The molecule has 1 saturated heterocycles. The Morgan fingerprint density at radius 3 is 2.08 bits per heavy atom. The molecule has 1 aliphatic heterocycles. The fourth-order valence-electron chi connectivity index (χ4n) is 5.58. The van der Waals surface area contributed by atoms with E-state index in [-0.39, 0.29) is 5.92 Å². The van der Waals surface area contributed by atoms with Crippen LogP contribution in [0.25, 0.3) is 16.7 Å². The highest BCUT2D eigenvalue weighted by molar-refractivity contribution is 6.58. The summed E-state index contributed by atoms with van der Waals surface area (Å²) in [5, 5.41) is 7.49. The molecular formula is C33H35B2NO2. The molecule has 190 valence electrons. The number of nitrogens with one attached hydrogen (secondary N) is 1. The van der Waals surface area contributed by atoms with Crippen molar-refractivity contribution in [3.05, 3.63) is 119 Å². The molecule has 0 amide bonds. The van der Waals surface area contributed by atoms with Crippen molar-refractivity contribution in [3.63, 3.8) is 0 Å². The lowest BCUT2D eigenvalue weighted by Gasteiger charge is -2.32. The van der Waals surface area contributed by atoms with Crippen LogP contribution in [0.15, 0.2) is 108 Å². The Kier molecular flexibility index (Phi) is 7.17. The molecule has 5 rings (SSSR count). The summed E-state index contributed by atoms with van der Waals surface area (Å²) in [6.45, 7) is 8.42. The summed E-state index contributed by atoms with van der Waals surface area (Å²) in [7, 11) is 1.70. The van der Waals surface area contributed by atoms with Crippen LogP contribution in [0.1, 0.15) is 51.2 Å². The molecule has 3 nitrogen and oxygen atoms in total. The highest BCUT2D eigenvalue weighted by Gasteiger charge is 2.54. The molecule has 5 heteroatoms. The van der Waals surface area contributed by atoms with Crippen LogP contribution in [0.2, 0.25) is 0 Å². The van der Waals surface area contributed by atoms with Crippen LogP contribution in [0.3, 0.4) is 0 Å². The fourth-order valence-corrected chi connectivity index (χ4v) is 5.58. The Hall–Kier alpha value is -3.40. The zero-order valence-electron chi connectivity index (χ0n) is 23.0. The molecule has 0 spiro atoms. The van der Waals surface area contributed by atoms with Crippen LogP contribution >= 0.6 is 0 Å². The SMILES string of the molecule is Bc1ccccc1-c1ccccc1[C@@H]1C/C(=C\C=C/C=N)C(B2OC(C)(C)C(C)(C)O2)=C1c1ccccc1. The molecule has 3 aromatic rings. The molecule has 1 aliphatic carbocycles. The average Bonchev–Trinajstić information content (AvgIpc) is 3.38. The van der Waals surface area contributed by atoms with Crippen molar-refractivity contribution in [1.29, 1.82) is 5.41 Å². The molecule has 1 N–H and O–H groups in total. The quantitative estimate of drug-likeness (QED) is 0.319. The van der Waals surface area contributed by atoms with E-state index < -0.39 is 18.3 Å². The normalized spacial score (nSPS) is 21.5. The summed E-state index contributed by atoms with van der Waals surface area (Å²) in [5.74, 6) is 0.127. The first-order valence-corrected chi connectivity index (χ1v) is 13.4. The van der Waals surface area contributed by atoms with Crippen LogP contribution < -0.4 is 5.46 Å². The van der Waals surface area contributed by atoms with Crippen LogP contribution in [0, 0.1) is 5.41 Å². The van der Waals surface area contributed by atoms with Crippen molar-refractivity contribution < 1.29 is 9.31 Å². The van der Waals surface area contributed by atoms with Gasteiger partial charge in [-0.05, 0) is 79.1 Å².